The van der Waals surface area contributed by atoms with Gasteiger partial charge in [-0.3, -0.25) is 0 Å². The van der Waals surface area contributed by atoms with Crippen LogP contribution in [-0.2, 0) is 0 Å². The van der Waals surface area contributed by atoms with Gasteiger partial charge in [0.15, 0.2) is 0 Å². The Hall–Kier alpha value is -2.54. The van der Waals surface area contributed by atoms with E-state index in [-0.39, 0.29) is 0 Å². The Kier molecular flexibility index (Phi) is 4.02. The quantitative estimate of drug-likeness (QED) is 0.716. The van der Waals surface area contributed by atoms with E-state index >= 15 is 0 Å². The zero-order valence-electron chi connectivity index (χ0n) is 12.2. The first kappa shape index (κ1) is 13.4. The summed E-state index contributed by atoms with van der Waals surface area (Å²) in [6.07, 6.45) is 10.9. The molecule has 0 fully saturated rings. The normalized spacial score (nSPS) is 17.2. The number of hydrogen-bond acceptors (Lipinski definition) is 1. The molecule has 0 bridgehead atoms. The molecule has 1 aliphatic carbocycles. The van der Waals surface area contributed by atoms with Crippen LogP contribution >= 0.6 is 0 Å². The molecular weight excluding hydrogens is 254 g/mol. The van der Waals surface area contributed by atoms with Crippen LogP contribution in [0.5, 0.6) is 0 Å². The van der Waals surface area contributed by atoms with Crippen LogP contribution in [0.4, 0.5) is 11.4 Å². The molecule has 0 saturated carbocycles. The van der Waals surface area contributed by atoms with Crippen molar-refractivity contribution >= 4 is 11.4 Å². The Morgan fingerprint density at radius 1 is 0.762 bits per heavy atom. The highest BCUT2D eigenvalue weighted by Gasteiger charge is 2.12. The lowest BCUT2D eigenvalue weighted by molar-refractivity contribution is 0.941. The molecule has 104 valence electrons. The fourth-order valence-electron chi connectivity index (χ4n) is 2.45. The van der Waals surface area contributed by atoms with Crippen molar-refractivity contribution in [2.45, 2.75) is 6.92 Å². The predicted molar refractivity (Wildman–Crippen MR) is 90.6 cm³/mol. The fraction of sp³-hybridized carbons (Fsp3) is 0.100. The molecule has 2 aromatic rings. The second-order valence-corrected chi connectivity index (χ2v) is 5.20. The molecule has 0 amide bonds. The average molecular weight is 273 g/mol. The summed E-state index contributed by atoms with van der Waals surface area (Å²) in [6, 6.07) is 20.9. The van der Waals surface area contributed by atoms with Crippen LogP contribution in [0.1, 0.15) is 6.92 Å². The second-order valence-electron chi connectivity index (χ2n) is 5.20. The van der Waals surface area contributed by atoms with Gasteiger partial charge in [-0.2, -0.15) is 0 Å². The van der Waals surface area contributed by atoms with Crippen LogP contribution in [0.2, 0.25) is 0 Å². The summed E-state index contributed by atoms with van der Waals surface area (Å²) < 4.78 is 0. The third-order valence-corrected chi connectivity index (χ3v) is 3.54. The van der Waals surface area contributed by atoms with Crippen molar-refractivity contribution in [1.29, 1.82) is 0 Å². The number of benzene rings is 2. The van der Waals surface area contributed by atoms with Crippen molar-refractivity contribution in [3.05, 3.63) is 96.7 Å². The third kappa shape index (κ3) is 3.14. The van der Waals surface area contributed by atoms with Crippen LogP contribution in [0, 0.1) is 5.92 Å². The predicted octanol–water partition coefficient (Wildman–Crippen LogP) is 5.47. The van der Waals surface area contributed by atoms with E-state index in [1.54, 1.807) is 0 Å². The van der Waals surface area contributed by atoms with Crippen molar-refractivity contribution in [2.24, 2.45) is 5.92 Å². The van der Waals surface area contributed by atoms with Crippen LogP contribution in [0.3, 0.4) is 0 Å². The maximum atomic E-state index is 2.28. The largest absolute Gasteiger partial charge is 0.311 e. The molecule has 0 heterocycles. The number of nitrogens with zero attached hydrogens (tertiary/aromatic N) is 1. The molecule has 0 radical (unpaired) electrons. The van der Waals surface area contributed by atoms with Gasteiger partial charge in [0, 0.05) is 17.1 Å². The summed E-state index contributed by atoms with van der Waals surface area (Å²) in [6.45, 7) is 2.19. The van der Waals surface area contributed by atoms with Crippen LogP contribution < -0.4 is 4.90 Å². The molecule has 3 rings (SSSR count). The first-order chi connectivity index (χ1) is 10.3. The molecule has 1 nitrogen and oxygen atoms in total. The summed E-state index contributed by atoms with van der Waals surface area (Å²) >= 11 is 0. The number of para-hydroxylation sites is 2. The highest BCUT2D eigenvalue weighted by atomic mass is 15.1. The summed E-state index contributed by atoms with van der Waals surface area (Å²) in [7, 11) is 0. The number of allylic oxidation sites excluding steroid dienone is 5. The molecule has 2 aromatic carbocycles. The molecule has 21 heavy (non-hydrogen) atoms. The van der Waals surface area contributed by atoms with Gasteiger partial charge in [-0.05, 0) is 42.3 Å². The minimum atomic E-state index is 0.465. The highest BCUT2D eigenvalue weighted by molar-refractivity contribution is 5.70. The van der Waals surface area contributed by atoms with E-state index in [4.69, 9.17) is 0 Å². The lowest BCUT2D eigenvalue weighted by atomic mass is 10.1. The summed E-state index contributed by atoms with van der Waals surface area (Å²) in [4.78, 5) is 2.28. The van der Waals surface area contributed by atoms with Crippen molar-refractivity contribution in [3.63, 3.8) is 0 Å². The van der Waals surface area contributed by atoms with Gasteiger partial charge in [0.05, 0.1) is 0 Å². The first-order valence-corrected chi connectivity index (χ1v) is 7.31. The molecule has 1 atom stereocenters. The van der Waals surface area contributed by atoms with Gasteiger partial charge in [-0.1, -0.05) is 61.5 Å². The van der Waals surface area contributed by atoms with Crippen molar-refractivity contribution in [1.82, 2.24) is 0 Å². The monoisotopic (exact) mass is 273 g/mol. The maximum Gasteiger partial charge on any atom is 0.0461 e. The van der Waals surface area contributed by atoms with Gasteiger partial charge >= 0.3 is 0 Å². The zero-order valence-corrected chi connectivity index (χ0v) is 12.2. The number of hydrogen-bond donors (Lipinski definition) is 0. The highest BCUT2D eigenvalue weighted by Crippen LogP contribution is 2.30. The topological polar surface area (TPSA) is 3.24 Å². The minimum absolute atomic E-state index is 0.465. The van der Waals surface area contributed by atoms with Gasteiger partial charge in [-0.25, -0.2) is 0 Å². The smallest absolute Gasteiger partial charge is 0.0461 e. The van der Waals surface area contributed by atoms with E-state index in [0.29, 0.717) is 5.92 Å². The first-order valence-electron chi connectivity index (χ1n) is 7.31. The molecule has 0 N–H and O–H groups in total. The SMILES string of the molecule is CC1C=CC=C(N(c2ccccc2)c2ccccc2)C=C1. The van der Waals surface area contributed by atoms with E-state index in [0.717, 1.165) is 0 Å². The molecule has 0 saturated heterocycles. The molecular formula is C20H19N. The Morgan fingerprint density at radius 2 is 1.33 bits per heavy atom. The number of anilines is 2. The van der Waals surface area contributed by atoms with Crippen LogP contribution in [0.15, 0.2) is 96.7 Å². The molecule has 1 aliphatic rings. The molecule has 0 aromatic heterocycles. The van der Waals surface area contributed by atoms with E-state index in [9.17, 15) is 0 Å². The summed E-state index contributed by atoms with van der Waals surface area (Å²) in [5.74, 6) is 0.465. The number of rotatable bonds is 3. The molecule has 1 heteroatoms. The van der Waals surface area contributed by atoms with E-state index in [1.807, 2.05) is 12.1 Å². The lowest BCUT2D eigenvalue weighted by Crippen LogP contribution is -2.14. The standard InChI is InChI=1S/C20H19N/c1-17-9-8-14-20(16-15-17)21(18-10-4-2-5-11-18)19-12-6-3-7-13-19/h2-17H,1H3. The molecule has 0 aliphatic heterocycles. The van der Waals surface area contributed by atoms with Gasteiger partial charge in [0.1, 0.15) is 0 Å². The third-order valence-electron chi connectivity index (χ3n) is 3.54. The van der Waals surface area contributed by atoms with Gasteiger partial charge in [0.2, 0.25) is 0 Å². The summed E-state index contributed by atoms with van der Waals surface area (Å²) in [5.41, 5.74) is 3.51. The maximum absolute atomic E-state index is 2.28. The average Bonchev–Trinajstić information content (AvgIpc) is 2.75. The Bertz CT molecular complexity index is 626. The Labute approximate surface area is 126 Å². The van der Waals surface area contributed by atoms with Crippen LogP contribution in [-0.4, -0.2) is 0 Å². The van der Waals surface area contributed by atoms with Gasteiger partial charge < -0.3 is 4.90 Å². The molecule has 0 spiro atoms. The lowest BCUT2D eigenvalue weighted by Gasteiger charge is -2.26. The minimum Gasteiger partial charge on any atom is -0.311 e. The van der Waals surface area contributed by atoms with Crippen molar-refractivity contribution in [3.8, 4) is 0 Å². The van der Waals surface area contributed by atoms with Gasteiger partial charge in [0.25, 0.3) is 0 Å². The van der Waals surface area contributed by atoms with E-state index < -0.39 is 0 Å². The molecule has 1 unspecified atom stereocenters. The van der Waals surface area contributed by atoms with E-state index in [2.05, 4.69) is 90.7 Å². The Morgan fingerprint density at radius 3 is 1.90 bits per heavy atom. The Balaban J connectivity index is 2.07. The van der Waals surface area contributed by atoms with Crippen molar-refractivity contribution < 1.29 is 0 Å². The summed E-state index contributed by atoms with van der Waals surface area (Å²) in [5, 5.41) is 0. The van der Waals surface area contributed by atoms with E-state index in [1.165, 1.54) is 17.1 Å². The van der Waals surface area contributed by atoms with Gasteiger partial charge in [-0.15, -0.1) is 0 Å². The fourth-order valence-corrected chi connectivity index (χ4v) is 2.45. The van der Waals surface area contributed by atoms with Crippen molar-refractivity contribution in [2.75, 3.05) is 4.90 Å². The zero-order chi connectivity index (χ0) is 14.5. The second kappa shape index (κ2) is 6.27. The van der Waals surface area contributed by atoms with Crippen LogP contribution in [0.25, 0.3) is 0 Å².